The number of para-hydroxylation sites is 1. The number of likely N-dealkylation sites (tertiary alicyclic amines) is 1. The first-order valence-electron chi connectivity index (χ1n) is 7.99. The first-order chi connectivity index (χ1) is 11.2. The maximum Gasteiger partial charge on any atom is 0.179 e. The minimum atomic E-state index is 0.156. The van der Waals surface area contributed by atoms with E-state index in [1.54, 1.807) is 0 Å². The Hall–Kier alpha value is -2.18. The predicted molar refractivity (Wildman–Crippen MR) is 93.0 cm³/mol. The lowest BCUT2D eigenvalue weighted by atomic mass is 9.74. The zero-order chi connectivity index (χ0) is 15.9. The molecule has 0 unspecified atom stereocenters. The van der Waals surface area contributed by atoms with Crippen molar-refractivity contribution in [3.63, 3.8) is 0 Å². The van der Waals surface area contributed by atoms with E-state index in [-0.39, 0.29) is 5.41 Å². The quantitative estimate of drug-likeness (QED) is 0.733. The number of nitriles is 1. The molecule has 1 saturated heterocycles. The molecule has 0 aliphatic carbocycles. The molecule has 0 N–H and O–H groups in total. The van der Waals surface area contributed by atoms with Crippen molar-refractivity contribution in [3.8, 4) is 6.19 Å². The summed E-state index contributed by atoms with van der Waals surface area (Å²) in [4.78, 5) is 4.27. The van der Waals surface area contributed by atoms with Crippen molar-refractivity contribution in [2.45, 2.75) is 18.3 Å². The van der Waals surface area contributed by atoms with Crippen molar-refractivity contribution < 1.29 is 0 Å². The summed E-state index contributed by atoms with van der Waals surface area (Å²) in [6.45, 7) is 2.67. The molecule has 1 spiro atoms. The second-order valence-electron chi connectivity index (χ2n) is 6.45. The highest BCUT2D eigenvalue weighted by atomic mass is 35.5. The lowest BCUT2D eigenvalue weighted by molar-refractivity contribution is 0.226. The molecule has 4 heteroatoms. The molecule has 0 saturated carbocycles. The second-order valence-corrected chi connectivity index (χ2v) is 6.88. The molecule has 1 fully saturated rings. The number of piperidine rings is 1. The van der Waals surface area contributed by atoms with E-state index >= 15 is 0 Å². The van der Waals surface area contributed by atoms with Crippen LogP contribution in [0.2, 0.25) is 5.02 Å². The number of benzene rings is 2. The predicted octanol–water partition coefficient (Wildman–Crippen LogP) is 4.31. The molecule has 0 atom stereocenters. The van der Waals surface area contributed by atoms with E-state index in [4.69, 9.17) is 16.9 Å². The Balaban J connectivity index is 1.73. The summed E-state index contributed by atoms with van der Waals surface area (Å²) < 4.78 is 0. The van der Waals surface area contributed by atoms with Crippen LogP contribution in [0, 0.1) is 11.5 Å². The Labute approximate surface area is 141 Å². The van der Waals surface area contributed by atoms with Gasteiger partial charge in [0.25, 0.3) is 0 Å². The SMILES string of the molecule is N#CN1CCC2(CC1)CN(c1ccc(Cl)cc1)c1ccccc12. The van der Waals surface area contributed by atoms with E-state index in [1.807, 2.05) is 17.0 Å². The largest absolute Gasteiger partial charge is 0.340 e. The first-order valence-corrected chi connectivity index (χ1v) is 8.37. The van der Waals surface area contributed by atoms with E-state index in [9.17, 15) is 0 Å². The van der Waals surface area contributed by atoms with Gasteiger partial charge in [-0.2, -0.15) is 5.26 Å². The number of nitrogens with zero attached hydrogens (tertiary/aromatic N) is 3. The number of halogens is 1. The maximum atomic E-state index is 9.13. The smallest absolute Gasteiger partial charge is 0.179 e. The highest BCUT2D eigenvalue weighted by Gasteiger charge is 2.44. The van der Waals surface area contributed by atoms with Crippen LogP contribution in [0.3, 0.4) is 0 Å². The topological polar surface area (TPSA) is 30.3 Å². The molecular formula is C19H18ClN3. The van der Waals surface area contributed by atoms with Gasteiger partial charge in [-0.3, -0.25) is 0 Å². The summed E-state index contributed by atoms with van der Waals surface area (Å²) >= 11 is 6.04. The van der Waals surface area contributed by atoms with Crippen molar-refractivity contribution in [2.24, 2.45) is 0 Å². The van der Waals surface area contributed by atoms with E-state index in [1.165, 1.54) is 16.9 Å². The normalized spacial score (nSPS) is 18.8. The molecule has 2 aliphatic rings. The van der Waals surface area contributed by atoms with Gasteiger partial charge in [-0.25, -0.2) is 0 Å². The van der Waals surface area contributed by atoms with Gasteiger partial charge in [0.15, 0.2) is 6.19 Å². The monoisotopic (exact) mass is 323 g/mol. The first kappa shape index (κ1) is 14.4. The lowest BCUT2D eigenvalue weighted by Gasteiger charge is -2.37. The molecule has 3 nitrogen and oxygen atoms in total. The average Bonchev–Trinajstić information content (AvgIpc) is 2.91. The van der Waals surface area contributed by atoms with Gasteiger partial charge in [-0.15, -0.1) is 0 Å². The molecule has 0 amide bonds. The van der Waals surface area contributed by atoms with Crippen LogP contribution in [0.4, 0.5) is 11.4 Å². The van der Waals surface area contributed by atoms with Gasteiger partial charge in [0.05, 0.1) is 0 Å². The van der Waals surface area contributed by atoms with E-state index in [0.717, 1.165) is 37.5 Å². The van der Waals surface area contributed by atoms with Gasteiger partial charge < -0.3 is 9.80 Å². The fourth-order valence-corrected chi connectivity index (χ4v) is 4.07. The Kier molecular flexibility index (Phi) is 3.43. The van der Waals surface area contributed by atoms with E-state index in [0.29, 0.717) is 0 Å². The highest BCUT2D eigenvalue weighted by Crippen LogP contribution is 2.49. The van der Waals surface area contributed by atoms with Crippen molar-refractivity contribution in [1.82, 2.24) is 4.90 Å². The average molecular weight is 324 g/mol. The second kappa shape index (κ2) is 5.47. The van der Waals surface area contributed by atoms with Crippen LogP contribution in [0.25, 0.3) is 0 Å². The van der Waals surface area contributed by atoms with Gasteiger partial charge in [0.1, 0.15) is 0 Å². The van der Waals surface area contributed by atoms with Crippen LogP contribution in [-0.2, 0) is 5.41 Å². The summed E-state index contributed by atoms with van der Waals surface area (Å²) in [5.74, 6) is 0. The molecule has 0 aromatic heterocycles. The number of anilines is 2. The minimum absolute atomic E-state index is 0.156. The Morgan fingerprint density at radius 3 is 2.39 bits per heavy atom. The number of hydrogen-bond acceptors (Lipinski definition) is 3. The number of rotatable bonds is 1. The number of fused-ring (bicyclic) bond motifs is 2. The summed E-state index contributed by atoms with van der Waals surface area (Å²) in [6, 6.07) is 16.8. The third-order valence-electron chi connectivity index (χ3n) is 5.23. The highest BCUT2D eigenvalue weighted by molar-refractivity contribution is 6.30. The molecule has 4 rings (SSSR count). The molecule has 2 heterocycles. The lowest BCUT2D eigenvalue weighted by Crippen LogP contribution is -2.42. The van der Waals surface area contributed by atoms with Crippen LogP contribution < -0.4 is 4.90 Å². The minimum Gasteiger partial charge on any atom is -0.340 e. The van der Waals surface area contributed by atoms with Crippen molar-refractivity contribution >= 4 is 23.0 Å². The summed E-state index contributed by atoms with van der Waals surface area (Å²) in [5.41, 5.74) is 4.05. The molecular weight excluding hydrogens is 306 g/mol. The van der Waals surface area contributed by atoms with Crippen LogP contribution >= 0.6 is 11.6 Å². The Morgan fingerprint density at radius 1 is 1.00 bits per heavy atom. The third-order valence-corrected chi connectivity index (χ3v) is 5.48. The molecule has 116 valence electrons. The third kappa shape index (κ3) is 2.34. The van der Waals surface area contributed by atoms with Gasteiger partial charge in [-0.05, 0) is 48.7 Å². The standard InChI is InChI=1S/C19H18ClN3/c20-15-5-7-16(8-6-15)23-13-19(9-11-22(14-21)12-10-19)17-3-1-2-4-18(17)23/h1-8H,9-13H2. The van der Waals surface area contributed by atoms with Crippen LogP contribution in [0.1, 0.15) is 18.4 Å². The zero-order valence-corrected chi connectivity index (χ0v) is 13.6. The Morgan fingerprint density at radius 2 is 1.70 bits per heavy atom. The van der Waals surface area contributed by atoms with Crippen molar-refractivity contribution in [1.29, 1.82) is 5.26 Å². The maximum absolute atomic E-state index is 9.13. The van der Waals surface area contributed by atoms with Crippen LogP contribution in [0.5, 0.6) is 0 Å². The van der Waals surface area contributed by atoms with Gasteiger partial charge >= 0.3 is 0 Å². The fraction of sp³-hybridized carbons (Fsp3) is 0.316. The van der Waals surface area contributed by atoms with Crippen molar-refractivity contribution in [2.75, 3.05) is 24.5 Å². The zero-order valence-electron chi connectivity index (χ0n) is 12.9. The Bertz CT molecular complexity index is 755. The van der Waals surface area contributed by atoms with Crippen molar-refractivity contribution in [3.05, 3.63) is 59.1 Å². The molecule has 0 bridgehead atoms. The van der Waals surface area contributed by atoms with Gasteiger partial charge in [-0.1, -0.05) is 29.8 Å². The van der Waals surface area contributed by atoms with Crippen LogP contribution in [-0.4, -0.2) is 24.5 Å². The van der Waals surface area contributed by atoms with E-state index in [2.05, 4.69) is 47.5 Å². The molecule has 2 aromatic carbocycles. The summed E-state index contributed by atoms with van der Waals surface area (Å²) in [6.07, 6.45) is 4.35. The number of hydrogen-bond donors (Lipinski definition) is 0. The summed E-state index contributed by atoms with van der Waals surface area (Å²) in [5, 5.41) is 9.89. The van der Waals surface area contributed by atoms with Gasteiger partial charge in [0, 0.05) is 41.4 Å². The van der Waals surface area contributed by atoms with Crippen LogP contribution in [0.15, 0.2) is 48.5 Å². The van der Waals surface area contributed by atoms with E-state index < -0.39 is 0 Å². The fourth-order valence-electron chi connectivity index (χ4n) is 3.94. The van der Waals surface area contributed by atoms with Gasteiger partial charge in [0.2, 0.25) is 0 Å². The molecule has 0 radical (unpaired) electrons. The molecule has 2 aromatic rings. The molecule has 23 heavy (non-hydrogen) atoms. The molecule has 2 aliphatic heterocycles. The summed E-state index contributed by atoms with van der Waals surface area (Å²) in [7, 11) is 0.